The topological polar surface area (TPSA) is 52.3 Å². The highest BCUT2D eigenvalue weighted by molar-refractivity contribution is 6.28. The number of ether oxygens (including phenoxy) is 1. The molecular formula is C10H7ClFNO3. The van der Waals surface area contributed by atoms with Crippen molar-refractivity contribution in [3.8, 4) is 0 Å². The highest BCUT2D eigenvalue weighted by Gasteiger charge is 2.15. The lowest BCUT2D eigenvalue weighted by Gasteiger charge is -2.01. The van der Waals surface area contributed by atoms with E-state index < -0.39 is 11.8 Å². The van der Waals surface area contributed by atoms with Crippen molar-refractivity contribution < 1.29 is 18.3 Å². The zero-order valence-electron chi connectivity index (χ0n) is 8.29. The van der Waals surface area contributed by atoms with Gasteiger partial charge < -0.3 is 9.15 Å². The molecule has 0 radical (unpaired) electrons. The van der Waals surface area contributed by atoms with Crippen molar-refractivity contribution in [3.63, 3.8) is 0 Å². The van der Waals surface area contributed by atoms with Crippen LogP contribution in [0.3, 0.4) is 0 Å². The van der Waals surface area contributed by atoms with Crippen LogP contribution in [-0.4, -0.2) is 18.1 Å². The Balaban J connectivity index is 2.47. The number of esters is 1. The Labute approximate surface area is 95.0 Å². The van der Waals surface area contributed by atoms with Gasteiger partial charge in [0.1, 0.15) is 5.52 Å². The lowest BCUT2D eigenvalue weighted by atomic mass is 10.1. The minimum Gasteiger partial charge on any atom is -0.469 e. The fourth-order valence-corrected chi connectivity index (χ4v) is 1.51. The van der Waals surface area contributed by atoms with Crippen molar-refractivity contribution in [3.05, 3.63) is 28.9 Å². The number of benzene rings is 1. The average molecular weight is 244 g/mol. The number of halogens is 2. The smallest absolute Gasteiger partial charge is 0.310 e. The standard InChI is InChI=1S/C10H7ClFNO3/c1-15-7(14)4-5-2-3-6-9(8(5)12)16-10(11)13-6/h2-3H,4H2,1H3. The lowest BCUT2D eigenvalue weighted by molar-refractivity contribution is -0.139. The second-order valence-corrected chi connectivity index (χ2v) is 3.43. The van der Waals surface area contributed by atoms with Gasteiger partial charge >= 0.3 is 5.97 Å². The third kappa shape index (κ3) is 1.86. The summed E-state index contributed by atoms with van der Waals surface area (Å²) in [5.74, 6) is -1.16. The number of rotatable bonds is 2. The van der Waals surface area contributed by atoms with Crippen LogP contribution in [0.25, 0.3) is 11.1 Å². The van der Waals surface area contributed by atoms with Gasteiger partial charge in [0.2, 0.25) is 0 Å². The molecule has 2 rings (SSSR count). The average Bonchev–Trinajstić information content (AvgIpc) is 2.64. The second kappa shape index (κ2) is 4.09. The van der Waals surface area contributed by atoms with E-state index >= 15 is 0 Å². The van der Waals surface area contributed by atoms with Gasteiger partial charge in [-0.3, -0.25) is 4.79 Å². The summed E-state index contributed by atoms with van der Waals surface area (Å²) in [6, 6.07) is 2.99. The molecule has 0 saturated carbocycles. The van der Waals surface area contributed by atoms with Crippen LogP contribution in [0.2, 0.25) is 5.35 Å². The Kier molecular flexibility index (Phi) is 2.78. The van der Waals surface area contributed by atoms with E-state index in [0.29, 0.717) is 5.52 Å². The largest absolute Gasteiger partial charge is 0.469 e. The zero-order valence-corrected chi connectivity index (χ0v) is 9.05. The molecule has 0 unspecified atom stereocenters. The van der Waals surface area contributed by atoms with E-state index in [9.17, 15) is 9.18 Å². The summed E-state index contributed by atoms with van der Waals surface area (Å²) in [6.07, 6.45) is -0.156. The van der Waals surface area contributed by atoms with Crippen molar-refractivity contribution in [2.75, 3.05) is 7.11 Å². The van der Waals surface area contributed by atoms with Crippen LogP contribution in [0.5, 0.6) is 0 Å². The molecule has 1 heterocycles. The molecular weight excluding hydrogens is 237 g/mol. The van der Waals surface area contributed by atoms with Gasteiger partial charge in [-0.15, -0.1) is 0 Å². The number of hydrogen-bond donors (Lipinski definition) is 0. The first-order valence-electron chi connectivity index (χ1n) is 4.42. The lowest BCUT2D eigenvalue weighted by Crippen LogP contribution is -2.06. The predicted octanol–water partition coefficient (Wildman–Crippen LogP) is 2.34. The molecule has 1 aromatic heterocycles. The van der Waals surface area contributed by atoms with E-state index in [1.54, 1.807) is 0 Å². The van der Waals surface area contributed by atoms with Crippen molar-refractivity contribution in [2.24, 2.45) is 0 Å². The molecule has 0 aliphatic rings. The number of carbonyl (C=O) groups excluding carboxylic acids is 1. The van der Waals surface area contributed by atoms with E-state index in [0.717, 1.165) is 0 Å². The Morgan fingerprint density at radius 1 is 1.62 bits per heavy atom. The summed E-state index contributed by atoms with van der Waals surface area (Å²) >= 11 is 5.50. The molecule has 0 aliphatic carbocycles. The van der Waals surface area contributed by atoms with Gasteiger partial charge in [-0.1, -0.05) is 6.07 Å². The summed E-state index contributed by atoms with van der Waals surface area (Å²) in [4.78, 5) is 14.8. The Morgan fingerprint density at radius 2 is 2.38 bits per heavy atom. The Morgan fingerprint density at radius 3 is 3.06 bits per heavy atom. The van der Waals surface area contributed by atoms with Crippen LogP contribution in [0, 0.1) is 5.82 Å². The molecule has 0 atom stereocenters. The maximum absolute atomic E-state index is 13.8. The molecule has 1 aromatic carbocycles. The van der Waals surface area contributed by atoms with Crippen molar-refractivity contribution in [1.29, 1.82) is 0 Å². The molecule has 16 heavy (non-hydrogen) atoms. The summed E-state index contributed by atoms with van der Waals surface area (Å²) < 4.78 is 23.1. The number of hydrogen-bond acceptors (Lipinski definition) is 4. The fraction of sp³-hybridized carbons (Fsp3) is 0.200. The predicted molar refractivity (Wildman–Crippen MR) is 54.7 cm³/mol. The number of carbonyl (C=O) groups is 1. The van der Waals surface area contributed by atoms with Crippen molar-refractivity contribution in [2.45, 2.75) is 6.42 Å². The summed E-state index contributed by atoms with van der Waals surface area (Å²) in [7, 11) is 1.24. The minimum atomic E-state index is -0.637. The Hall–Kier alpha value is -1.62. The van der Waals surface area contributed by atoms with Crippen LogP contribution in [0.4, 0.5) is 4.39 Å². The molecule has 4 nitrogen and oxygen atoms in total. The quantitative estimate of drug-likeness (QED) is 0.760. The van der Waals surface area contributed by atoms with Gasteiger partial charge in [0.15, 0.2) is 11.4 Å². The molecule has 2 aromatic rings. The molecule has 0 amide bonds. The van der Waals surface area contributed by atoms with Crippen LogP contribution in [0.1, 0.15) is 5.56 Å². The number of methoxy groups -OCH3 is 1. The van der Waals surface area contributed by atoms with Crippen LogP contribution >= 0.6 is 11.6 Å². The van der Waals surface area contributed by atoms with Gasteiger partial charge in [0, 0.05) is 5.56 Å². The summed E-state index contributed by atoms with van der Waals surface area (Å²) in [5.41, 5.74) is 0.453. The highest BCUT2D eigenvalue weighted by Crippen LogP contribution is 2.24. The molecule has 0 bridgehead atoms. The van der Waals surface area contributed by atoms with E-state index in [1.807, 2.05) is 0 Å². The normalized spacial score (nSPS) is 10.7. The van der Waals surface area contributed by atoms with E-state index in [-0.39, 0.29) is 22.9 Å². The minimum absolute atomic E-state index is 0.0496. The van der Waals surface area contributed by atoms with E-state index in [2.05, 4.69) is 9.72 Å². The first-order chi connectivity index (χ1) is 7.61. The number of fused-ring (bicyclic) bond motifs is 1. The zero-order chi connectivity index (χ0) is 11.7. The second-order valence-electron chi connectivity index (χ2n) is 3.11. The van der Waals surface area contributed by atoms with Gasteiger partial charge in [0.25, 0.3) is 5.35 Å². The van der Waals surface area contributed by atoms with Crippen molar-refractivity contribution >= 4 is 28.7 Å². The molecule has 0 spiro atoms. The molecule has 0 saturated heterocycles. The molecule has 0 fully saturated rings. The molecule has 84 valence electrons. The van der Waals surface area contributed by atoms with Gasteiger partial charge in [0.05, 0.1) is 13.5 Å². The van der Waals surface area contributed by atoms with E-state index in [1.165, 1.54) is 19.2 Å². The van der Waals surface area contributed by atoms with Gasteiger partial charge in [-0.25, -0.2) is 4.39 Å². The number of aromatic nitrogens is 1. The van der Waals surface area contributed by atoms with E-state index in [4.69, 9.17) is 16.0 Å². The molecule has 6 heteroatoms. The monoisotopic (exact) mass is 243 g/mol. The Bertz CT molecular complexity index is 552. The van der Waals surface area contributed by atoms with Gasteiger partial charge in [-0.2, -0.15) is 4.98 Å². The van der Waals surface area contributed by atoms with Gasteiger partial charge in [-0.05, 0) is 17.7 Å². The molecule has 0 aliphatic heterocycles. The number of oxazole rings is 1. The third-order valence-electron chi connectivity index (χ3n) is 2.11. The molecule has 0 N–H and O–H groups in total. The van der Waals surface area contributed by atoms with Crippen LogP contribution in [0.15, 0.2) is 16.5 Å². The first kappa shape index (κ1) is 10.9. The van der Waals surface area contributed by atoms with Crippen molar-refractivity contribution in [1.82, 2.24) is 4.98 Å². The SMILES string of the molecule is COC(=O)Cc1ccc2nc(Cl)oc2c1F. The first-order valence-corrected chi connectivity index (χ1v) is 4.80. The maximum Gasteiger partial charge on any atom is 0.310 e. The van der Waals surface area contributed by atoms with Crippen LogP contribution < -0.4 is 0 Å². The fourth-order valence-electron chi connectivity index (χ4n) is 1.34. The van der Waals surface area contributed by atoms with Crippen LogP contribution in [-0.2, 0) is 16.0 Å². The summed E-state index contributed by atoms with van der Waals surface area (Å²) in [5, 5.41) is -0.135. The highest BCUT2D eigenvalue weighted by atomic mass is 35.5. The number of nitrogens with zero attached hydrogens (tertiary/aromatic N) is 1. The summed E-state index contributed by atoms with van der Waals surface area (Å²) in [6.45, 7) is 0. The third-order valence-corrected chi connectivity index (χ3v) is 2.28. The maximum atomic E-state index is 13.8.